The van der Waals surface area contributed by atoms with E-state index in [-0.39, 0.29) is 5.75 Å². The molecule has 0 fully saturated rings. The highest BCUT2D eigenvalue weighted by molar-refractivity contribution is 7.92. The van der Waals surface area contributed by atoms with E-state index in [1.807, 2.05) is 30.3 Å². The molecule has 21 heavy (non-hydrogen) atoms. The van der Waals surface area contributed by atoms with Gasteiger partial charge in [0.25, 0.3) is 0 Å². The zero-order valence-electron chi connectivity index (χ0n) is 11.5. The number of benzene rings is 2. The second-order valence-electron chi connectivity index (χ2n) is 4.50. The Kier molecular flexibility index (Phi) is 5.19. The van der Waals surface area contributed by atoms with Crippen LogP contribution in [0.25, 0.3) is 0 Å². The summed E-state index contributed by atoms with van der Waals surface area (Å²) < 4.78 is 31.6. The van der Waals surface area contributed by atoms with E-state index in [4.69, 9.17) is 10.5 Å². The third kappa shape index (κ3) is 5.09. The molecule has 0 bridgehead atoms. The van der Waals surface area contributed by atoms with Gasteiger partial charge < -0.3 is 10.5 Å². The largest absolute Gasteiger partial charge is 0.457 e. The Labute approximate surface area is 124 Å². The first-order valence-electron chi connectivity index (χ1n) is 6.62. The number of nitrogens with two attached hydrogens (primary N) is 1. The maximum absolute atomic E-state index is 11.7. The summed E-state index contributed by atoms with van der Waals surface area (Å²) in [5.74, 6) is 1.39. The summed E-state index contributed by atoms with van der Waals surface area (Å²) in [6.07, 6.45) is 0.435. The molecule has 112 valence electrons. The van der Waals surface area contributed by atoms with Crippen LogP contribution in [-0.2, 0) is 10.0 Å². The molecule has 2 aromatic rings. The van der Waals surface area contributed by atoms with Crippen molar-refractivity contribution in [1.82, 2.24) is 0 Å². The highest BCUT2D eigenvalue weighted by Gasteiger charge is 2.09. The first kappa shape index (κ1) is 15.3. The Bertz CT molecular complexity index is 655. The Morgan fingerprint density at radius 3 is 2.19 bits per heavy atom. The van der Waals surface area contributed by atoms with Gasteiger partial charge in [-0.25, -0.2) is 8.42 Å². The van der Waals surface area contributed by atoms with Gasteiger partial charge in [-0.2, -0.15) is 0 Å². The molecule has 6 heteroatoms. The second kappa shape index (κ2) is 7.10. The minimum Gasteiger partial charge on any atom is -0.457 e. The third-order valence-corrected chi connectivity index (χ3v) is 4.10. The van der Waals surface area contributed by atoms with E-state index in [0.29, 0.717) is 24.4 Å². The van der Waals surface area contributed by atoms with Crippen LogP contribution in [0.4, 0.5) is 5.69 Å². The molecule has 0 aliphatic rings. The number of anilines is 1. The Balaban J connectivity index is 1.99. The monoisotopic (exact) mass is 306 g/mol. The summed E-state index contributed by atoms with van der Waals surface area (Å²) in [6.45, 7) is 0.352. The van der Waals surface area contributed by atoms with Crippen LogP contribution in [0.15, 0.2) is 54.6 Å². The van der Waals surface area contributed by atoms with Gasteiger partial charge in [-0.3, -0.25) is 4.72 Å². The number of rotatable bonds is 7. The molecule has 2 rings (SSSR count). The molecule has 5 nitrogen and oxygen atoms in total. The molecule has 3 N–H and O–H groups in total. The molecule has 0 saturated heterocycles. The smallest absolute Gasteiger partial charge is 0.232 e. The molecular weight excluding hydrogens is 288 g/mol. The zero-order valence-corrected chi connectivity index (χ0v) is 12.3. The lowest BCUT2D eigenvalue weighted by Crippen LogP contribution is -2.18. The molecule has 0 heterocycles. The number of hydrogen-bond donors (Lipinski definition) is 2. The van der Waals surface area contributed by atoms with Gasteiger partial charge >= 0.3 is 0 Å². The lowest BCUT2D eigenvalue weighted by Gasteiger charge is -2.09. The molecule has 0 unspecified atom stereocenters. The summed E-state index contributed by atoms with van der Waals surface area (Å²) in [7, 11) is -3.34. The van der Waals surface area contributed by atoms with Gasteiger partial charge in [-0.05, 0) is 49.4 Å². The molecule has 2 aromatic carbocycles. The van der Waals surface area contributed by atoms with Gasteiger partial charge in [0, 0.05) is 5.69 Å². The average Bonchev–Trinajstić information content (AvgIpc) is 2.48. The third-order valence-electron chi connectivity index (χ3n) is 2.72. The van der Waals surface area contributed by atoms with E-state index in [0.717, 1.165) is 5.75 Å². The predicted molar refractivity (Wildman–Crippen MR) is 84.0 cm³/mol. The Hall–Kier alpha value is -2.05. The van der Waals surface area contributed by atoms with Gasteiger partial charge in [0.05, 0.1) is 5.75 Å². The van der Waals surface area contributed by atoms with E-state index in [1.54, 1.807) is 24.3 Å². The van der Waals surface area contributed by atoms with Crippen molar-refractivity contribution >= 4 is 15.7 Å². The van der Waals surface area contributed by atoms with Gasteiger partial charge in [-0.1, -0.05) is 18.2 Å². The second-order valence-corrected chi connectivity index (χ2v) is 6.34. The molecule has 0 aliphatic heterocycles. The minimum atomic E-state index is -3.34. The summed E-state index contributed by atoms with van der Waals surface area (Å²) >= 11 is 0. The van der Waals surface area contributed by atoms with E-state index >= 15 is 0 Å². The number of para-hydroxylation sites is 1. The fourth-order valence-electron chi connectivity index (χ4n) is 1.72. The molecular formula is C15H18N2O3S. The standard InChI is InChI=1S/C15H18N2O3S/c16-11-4-12-21(18,19)17-13-7-9-15(10-8-13)20-14-5-2-1-3-6-14/h1-3,5-10,17H,4,11-12,16H2. The van der Waals surface area contributed by atoms with Gasteiger partial charge in [-0.15, -0.1) is 0 Å². The molecule has 0 radical (unpaired) electrons. The van der Waals surface area contributed by atoms with E-state index in [2.05, 4.69) is 4.72 Å². The highest BCUT2D eigenvalue weighted by Crippen LogP contribution is 2.23. The molecule has 0 spiro atoms. The Morgan fingerprint density at radius 1 is 0.952 bits per heavy atom. The summed E-state index contributed by atoms with van der Waals surface area (Å²) in [6, 6.07) is 16.1. The molecule has 0 atom stereocenters. The predicted octanol–water partition coefficient (Wildman–Crippen LogP) is 2.57. The van der Waals surface area contributed by atoms with Crippen molar-refractivity contribution in [3.05, 3.63) is 54.6 Å². The number of ether oxygens (including phenoxy) is 1. The van der Waals surface area contributed by atoms with Crippen molar-refractivity contribution < 1.29 is 13.2 Å². The van der Waals surface area contributed by atoms with E-state index in [9.17, 15) is 8.42 Å². The lowest BCUT2D eigenvalue weighted by atomic mass is 10.3. The number of sulfonamides is 1. The lowest BCUT2D eigenvalue weighted by molar-refractivity contribution is 0.483. The molecule has 0 saturated carbocycles. The van der Waals surface area contributed by atoms with Crippen LogP contribution in [0.3, 0.4) is 0 Å². The van der Waals surface area contributed by atoms with Crippen molar-refractivity contribution in [2.45, 2.75) is 6.42 Å². The first-order valence-corrected chi connectivity index (χ1v) is 8.28. The fourth-order valence-corrected chi connectivity index (χ4v) is 2.86. The van der Waals surface area contributed by atoms with Crippen LogP contribution in [0.1, 0.15) is 6.42 Å². The molecule has 0 aliphatic carbocycles. The summed E-state index contributed by atoms with van der Waals surface area (Å²) in [5.41, 5.74) is 5.82. The van der Waals surface area contributed by atoms with Gasteiger partial charge in [0.15, 0.2) is 0 Å². The maximum atomic E-state index is 11.7. The first-order chi connectivity index (χ1) is 10.1. The fraction of sp³-hybridized carbons (Fsp3) is 0.200. The van der Waals surface area contributed by atoms with Gasteiger partial charge in [0.2, 0.25) is 10.0 Å². The van der Waals surface area contributed by atoms with Crippen molar-refractivity contribution in [3.8, 4) is 11.5 Å². The van der Waals surface area contributed by atoms with Crippen LogP contribution in [0.2, 0.25) is 0 Å². The van der Waals surface area contributed by atoms with Crippen molar-refractivity contribution in [2.24, 2.45) is 5.73 Å². The highest BCUT2D eigenvalue weighted by atomic mass is 32.2. The van der Waals surface area contributed by atoms with Crippen molar-refractivity contribution in [3.63, 3.8) is 0 Å². The van der Waals surface area contributed by atoms with Crippen molar-refractivity contribution in [2.75, 3.05) is 17.0 Å². The zero-order chi connectivity index (χ0) is 15.1. The summed E-state index contributed by atoms with van der Waals surface area (Å²) in [5, 5.41) is 0. The van der Waals surface area contributed by atoms with Crippen LogP contribution in [-0.4, -0.2) is 20.7 Å². The average molecular weight is 306 g/mol. The Morgan fingerprint density at radius 2 is 1.57 bits per heavy atom. The molecule has 0 amide bonds. The van der Waals surface area contributed by atoms with Crippen molar-refractivity contribution in [1.29, 1.82) is 0 Å². The van der Waals surface area contributed by atoms with Gasteiger partial charge in [0.1, 0.15) is 11.5 Å². The SMILES string of the molecule is NCCCS(=O)(=O)Nc1ccc(Oc2ccccc2)cc1. The number of nitrogens with one attached hydrogen (secondary N) is 1. The topological polar surface area (TPSA) is 81.4 Å². The normalized spacial score (nSPS) is 11.1. The quantitative estimate of drug-likeness (QED) is 0.823. The van der Waals surface area contributed by atoms with Crippen LogP contribution < -0.4 is 15.2 Å². The van der Waals surface area contributed by atoms with Crippen LogP contribution in [0.5, 0.6) is 11.5 Å². The van der Waals surface area contributed by atoms with Crippen LogP contribution >= 0.6 is 0 Å². The number of hydrogen-bond acceptors (Lipinski definition) is 4. The van der Waals surface area contributed by atoms with Crippen LogP contribution in [0, 0.1) is 0 Å². The maximum Gasteiger partial charge on any atom is 0.232 e. The molecule has 0 aromatic heterocycles. The van der Waals surface area contributed by atoms with E-state index < -0.39 is 10.0 Å². The summed E-state index contributed by atoms with van der Waals surface area (Å²) in [4.78, 5) is 0. The minimum absolute atomic E-state index is 0.0196. The van der Waals surface area contributed by atoms with E-state index in [1.165, 1.54) is 0 Å².